The maximum absolute atomic E-state index is 4.42. The van der Waals surface area contributed by atoms with Gasteiger partial charge >= 0.3 is 0 Å². The second kappa shape index (κ2) is 5.08. The minimum absolute atomic E-state index is 0.539. The number of aromatic nitrogens is 1. The van der Waals surface area contributed by atoms with Crippen molar-refractivity contribution < 1.29 is 0 Å². The maximum Gasteiger partial charge on any atom is 0.0897 e. The predicted octanol–water partition coefficient (Wildman–Crippen LogP) is 2.67. The first-order valence-electron chi connectivity index (χ1n) is 4.31. The van der Waals surface area contributed by atoms with Gasteiger partial charge in [-0.05, 0) is 14.0 Å². The van der Waals surface area contributed by atoms with E-state index in [1.54, 1.807) is 11.3 Å². The molecular formula is C9H15BrN2S. The first-order valence-corrected chi connectivity index (χ1v) is 6.11. The van der Waals surface area contributed by atoms with Crippen molar-refractivity contribution in [1.82, 2.24) is 9.88 Å². The van der Waals surface area contributed by atoms with Crippen LogP contribution in [0.5, 0.6) is 0 Å². The fraction of sp³-hybridized carbons (Fsp3) is 0.667. The minimum Gasteiger partial charge on any atom is -0.299 e. The molecule has 0 aromatic carbocycles. The summed E-state index contributed by atoms with van der Waals surface area (Å²) in [5.74, 6) is 0. The van der Waals surface area contributed by atoms with Crippen LogP contribution in [0.25, 0.3) is 0 Å². The van der Waals surface area contributed by atoms with E-state index in [2.05, 4.69) is 45.2 Å². The second-order valence-corrected chi connectivity index (χ2v) is 5.96. The highest BCUT2D eigenvalue weighted by molar-refractivity contribution is 9.09. The summed E-state index contributed by atoms with van der Waals surface area (Å²) >= 11 is 5.25. The molecule has 0 aliphatic rings. The van der Waals surface area contributed by atoms with Gasteiger partial charge in [-0.1, -0.05) is 22.9 Å². The van der Waals surface area contributed by atoms with Crippen LogP contribution < -0.4 is 0 Å². The average molecular weight is 263 g/mol. The van der Waals surface area contributed by atoms with Crippen LogP contribution in [-0.4, -0.2) is 28.3 Å². The Morgan fingerprint density at radius 1 is 1.69 bits per heavy atom. The summed E-state index contributed by atoms with van der Waals surface area (Å²) < 4.78 is 0. The first-order chi connectivity index (χ1) is 6.08. The largest absolute Gasteiger partial charge is 0.299 e. The molecule has 1 unspecified atom stereocenters. The summed E-state index contributed by atoms with van der Waals surface area (Å²) in [6.07, 6.45) is 0. The Morgan fingerprint density at radius 3 is 2.85 bits per heavy atom. The predicted molar refractivity (Wildman–Crippen MR) is 61.6 cm³/mol. The zero-order chi connectivity index (χ0) is 9.84. The SMILES string of the molecule is Cc1nc(CN(C)CC(C)Br)cs1. The smallest absolute Gasteiger partial charge is 0.0897 e. The van der Waals surface area contributed by atoms with Gasteiger partial charge in [0.25, 0.3) is 0 Å². The summed E-state index contributed by atoms with van der Waals surface area (Å²) in [6, 6.07) is 0. The second-order valence-electron chi connectivity index (χ2n) is 3.34. The molecule has 0 amide bonds. The van der Waals surface area contributed by atoms with Crippen molar-refractivity contribution in [3.63, 3.8) is 0 Å². The Labute approximate surface area is 92.1 Å². The standard InChI is InChI=1S/C9H15BrN2S/c1-7(10)4-12(3)5-9-6-13-8(2)11-9/h6-7H,4-5H2,1-3H3. The number of thiazole rings is 1. The van der Waals surface area contributed by atoms with E-state index in [0.717, 1.165) is 18.1 Å². The van der Waals surface area contributed by atoms with E-state index in [1.807, 2.05) is 6.92 Å². The van der Waals surface area contributed by atoms with Crippen molar-refractivity contribution in [2.45, 2.75) is 25.2 Å². The minimum atomic E-state index is 0.539. The van der Waals surface area contributed by atoms with E-state index >= 15 is 0 Å². The van der Waals surface area contributed by atoms with E-state index in [9.17, 15) is 0 Å². The number of alkyl halides is 1. The number of hydrogen-bond acceptors (Lipinski definition) is 3. The molecule has 0 saturated heterocycles. The molecule has 1 rings (SSSR count). The Bertz CT molecular complexity index is 260. The molecule has 2 nitrogen and oxygen atoms in total. The van der Waals surface area contributed by atoms with E-state index in [1.165, 1.54) is 5.69 Å². The van der Waals surface area contributed by atoms with Crippen LogP contribution in [-0.2, 0) is 6.54 Å². The molecule has 0 aliphatic carbocycles. The van der Waals surface area contributed by atoms with Gasteiger partial charge in [-0.25, -0.2) is 4.98 Å². The lowest BCUT2D eigenvalue weighted by Gasteiger charge is -2.16. The Balaban J connectivity index is 2.40. The van der Waals surface area contributed by atoms with Crippen LogP contribution in [0.1, 0.15) is 17.6 Å². The van der Waals surface area contributed by atoms with Crippen molar-refractivity contribution in [3.05, 3.63) is 16.1 Å². The molecule has 0 radical (unpaired) electrons. The highest BCUT2D eigenvalue weighted by Crippen LogP contribution is 2.10. The fourth-order valence-electron chi connectivity index (χ4n) is 1.25. The van der Waals surface area contributed by atoms with Gasteiger partial charge < -0.3 is 0 Å². The van der Waals surface area contributed by atoms with E-state index in [-0.39, 0.29) is 0 Å². The molecule has 74 valence electrons. The van der Waals surface area contributed by atoms with Gasteiger partial charge in [0.15, 0.2) is 0 Å². The summed E-state index contributed by atoms with van der Waals surface area (Å²) in [5.41, 5.74) is 1.18. The molecule has 1 heterocycles. The molecule has 0 aliphatic heterocycles. The van der Waals surface area contributed by atoms with Gasteiger partial charge in [-0.2, -0.15) is 0 Å². The molecule has 1 aromatic rings. The van der Waals surface area contributed by atoms with Crippen molar-refractivity contribution in [3.8, 4) is 0 Å². The van der Waals surface area contributed by atoms with Crippen molar-refractivity contribution in [2.75, 3.05) is 13.6 Å². The lowest BCUT2D eigenvalue weighted by molar-refractivity contribution is 0.329. The average Bonchev–Trinajstić information content (AvgIpc) is 2.33. The van der Waals surface area contributed by atoms with E-state index < -0.39 is 0 Å². The summed E-state index contributed by atoms with van der Waals surface area (Å²) in [7, 11) is 2.12. The monoisotopic (exact) mass is 262 g/mol. The van der Waals surface area contributed by atoms with Gasteiger partial charge in [0.1, 0.15) is 0 Å². The third-order valence-corrected chi connectivity index (χ3v) is 2.77. The van der Waals surface area contributed by atoms with Gasteiger partial charge in [-0.3, -0.25) is 4.90 Å². The van der Waals surface area contributed by atoms with Crippen LogP contribution in [0.15, 0.2) is 5.38 Å². The third-order valence-electron chi connectivity index (χ3n) is 1.66. The van der Waals surface area contributed by atoms with Gasteiger partial charge in [0.2, 0.25) is 0 Å². The number of hydrogen-bond donors (Lipinski definition) is 0. The molecule has 0 spiro atoms. The maximum atomic E-state index is 4.42. The van der Waals surface area contributed by atoms with Crippen molar-refractivity contribution >= 4 is 27.3 Å². The quantitative estimate of drug-likeness (QED) is 0.776. The van der Waals surface area contributed by atoms with Crippen LogP contribution in [0.3, 0.4) is 0 Å². The highest BCUT2D eigenvalue weighted by atomic mass is 79.9. The van der Waals surface area contributed by atoms with Crippen LogP contribution in [0.2, 0.25) is 0 Å². The molecule has 1 aromatic heterocycles. The zero-order valence-electron chi connectivity index (χ0n) is 8.25. The molecule has 4 heteroatoms. The van der Waals surface area contributed by atoms with E-state index in [4.69, 9.17) is 0 Å². The third kappa shape index (κ3) is 4.20. The number of rotatable bonds is 4. The molecule has 0 bridgehead atoms. The normalized spacial score (nSPS) is 13.6. The summed E-state index contributed by atoms with van der Waals surface area (Å²) in [4.78, 5) is 7.23. The number of nitrogens with zero attached hydrogens (tertiary/aromatic N) is 2. The summed E-state index contributed by atoms with van der Waals surface area (Å²) in [6.45, 7) is 6.20. The first kappa shape index (κ1) is 11.1. The number of halogens is 1. The highest BCUT2D eigenvalue weighted by Gasteiger charge is 2.05. The fourth-order valence-corrected chi connectivity index (χ4v) is 2.35. The summed E-state index contributed by atoms with van der Waals surface area (Å²) in [5, 5.41) is 3.28. The van der Waals surface area contributed by atoms with Crippen LogP contribution in [0, 0.1) is 6.92 Å². The Hall–Kier alpha value is 0.0700. The molecular weight excluding hydrogens is 248 g/mol. The van der Waals surface area contributed by atoms with Gasteiger partial charge in [0, 0.05) is 23.3 Å². The zero-order valence-corrected chi connectivity index (χ0v) is 10.7. The molecule has 13 heavy (non-hydrogen) atoms. The lowest BCUT2D eigenvalue weighted by atomic mass is 10.4. The van der Waals surface area contributed by atoms with Crippen LogP contribution >= 0.6 is 27.3 Å². The Kier molecular flexibility index (Phi) is 4.35. The lowest BCUT2D eigenvalue weighted by Crippen LogP contribution is -2.24. The topological polar surface area (TPSA) is 16.1 Å². The number of aryl methyl sites for hydroxylation is 1. The van der Waals surface area contributed by atoms with Crippen LogP contribution in [0.4, 0.5) is 0 Å². The van der Waals surface area contributed by atoms with Gasteiger partial charge in [-0.15, -0.1) is 11.3 Å². The molecule has 1 atom stereocenters. The molecule has 0 fully saturated rings. The van der Waals surface area contributed by atoms with Crippen molar-refractivity contribution in [1.29, 1.82) is 0 Å². The molecule has 0 N–H and O–H groups in total. The molecule has 0 saturated carbocycles. The van der Waals surface area contributed by atoms with E-state index in [0.29, 0.717) is 4.83 Å². The Morgan fingerprint density at radius 2 is 2.38 bits per heavy atom. The van der Waals surface area contributed by atoms with Gasteiger partial charge in [0.05, 0.1) is 10.7 Å². The van der Waals surface area contributed by atoms with Crippen molar-refractivity contribution in [2.24, 2.45) is 0 Å².